The fourth-order valence-corrected chi connectivity index (χ4v) is 4.61. The summed E-state index contributed by atoms with van der Waals surface area (Å²) >= 11 is 0. The summed E-state index contributed by atoms with van der Waals surface area (Å²) < 4.78 is 46.4. The molecule has 2 aromatic carbocycles. The Morgan fingerprint density at radius 3 is 2.24 bits per heavy atom. The van der Waals surface area contributed by atoms with Gasteiger partial charge in [-0.2, -0.15) is 13.2 Å². The SMILES string of the molecule is Cc1cc2c(cc(C(=O)N3CCN(c4ccc([N+](=O)[O-])cc4)CC3)n2Cc2ccc(C(F)(F)F)cc2)o1. The molecule has 4 aromatic rings. The Labute approximate surface area is 209 Å². The number of hydrogen-bond acceptors (Lipinski definition) is 5. The highest BCUT2D eigenvalue weighted by atomic mass is 19.4. The minimum atomic E-state index is -4.42. The van der Waals surface area contributed by atoms with E-state index in [1.165, 1.54) is 24.3 Å². The van der Waals surface area contributed by atoms with Crippen LogP contribution in [0.3, 0.4) is 0 Å². The maximum absolute atomic E-state index is 13.5. The van der Waals surface area contributed by atoms with E-state index in [1.807, 2.05) is 6.07 Å². The van der Waals surface area contributed by atoms with Crippen molar-refractivity contribution in [2.24, 2.45) is 0 Å². The number of nitro benzene ring substituents is 1. The summed E-state index contributed by atoms with van der Waals surface area (Å²) in [4.78, 5) is 27.8. The Hall–Kier alpha value is -4.28. The first-order valence-corrected chi connectivity index (χ1v) is 11.6. The van der Waals surface area contributed by atoms with Crippen molar-refractivity contribution in [3.63, 3.8) is 0 Å². The summed E-state index contributed by atoms with van der Waals surface area (Å²) in [6.07, 6.45) is -4.42. The third-order valence-electron chi connectivity index (χ3n) is 6.55. The lowest BCUT2D eigenvalue weighted by atomic mass is 10.1. The monoisotopic (exact) mass is 512 g/mol. The number of halogens is 3. The molecule has 0 aliphatic carbocycles. The molecule has 0 radical (unpaired) electrons. The average Bonchev–Trinajstić information content (AvgIpc) is 3.40. The Bertz CT molecular complexity index is 1450. The predicted octanol–water partition coefficient (Wildman–Crippen LogP) is 5.48. The highest BCUT2D eigenvalue weighted by Gasteiger charge is 2.30. The molecule has 1 amide bonds. The topological polar surface area (TPSA) is 84.8 Å². The van der Waals surface area contributed by atoms with Crippen molar-refractivity contribution in [3.05, 3.63) is 93.4 Å². The number of amides is 1. The second-order valence-corrected chi connectivity index (χ2v) is 8.97. The number of fused-ring (bicyclic) bond motifs is 1. The van der Waals surface area contributed by atoms with Crippen LogP contribution in [0.1, 0.15) is 27.4 Å². The van der Waals surface area contributed by atoms with Crippen LogP contribution in [0.15, 0.2) is 65.1 Å². The van der Waals surface area contributed by atoms with Crippen LogP contribution >= 0.6 is 0 Å². The maximum atomic E-state index is 13.5. The highest BCUT2D eigenvalue weighted by molar-refractivity contribution is 5.98. The fourth-order valence-electron chi connectivity index (χ4n) is 4.61. The van der Waals surface area contributed by atoms with E-state index >= 15 is 0 Å². The quantitative estimate of drug-likeness (QED) is 0.261. The zero-order chi connectivity index (χ0) is 26.3. The standard InChI is InChI=1S/C26H23F3N4O4/c1-17-14-22-24(37-17)15-23(32(22)16-18-2-4-19(5-3-18)26(27,28)29)25(34)31-12-10-30(11-13-31)20-6-8-21(9-7-20)33(35)36/h2-9,14-15H,10-13,16H2,1H3. The van der Waals surface area contributed by atoms with Gasteiger partial charge in [-0.3, -0.25) is 14.9 Å². The molecule has 0 saturated carbocycles. The zero-order valence-corrected chi connectivity index (χ0v) is 19.9. The van der Waals surface area contributed by atoms with Crippen LogP contribution in [0.5, 0.6) is 0 Å². The van der Waals surface area contributed by atoms with Gasteiger partial charge in [0.25, 0.3) is 11.6 Å². The van der Waals surface area contributed by atoms with Crippen LogP contribution < -0.4 is 4.90 Å². The number of aromatic nitrogens is 1. The number of aryl methyl sites for hydroxylation is 1. The van der Waals surface area contributed by atoms with Crippen LogP contribution in [-0.2, 0) is 12.7 Å². The lowest BCUT2D eigenvalue weighted by molar-refractivity contribution is -0.384. The van der Waals surface area contributed by atoms with Gasteiger partial charge in [0.2, 0.25) is 0 Å². The molecule has 3 heterocycles. The molecule has 1 saturated heterocycles. The van der Waals surface area contributed by atoms with Gasteiger partial charge in [-0.1, -0.05) is 12.1 Å². The molecule has 0 bridgehead atoms. The molecule has 192 valence electrons. The molecular formula is C26H23F3N4O4. The van der Waals surface area contributed by atoms with E-state index in [9.17, 15) is 28.1 Å². The predicted molar refractivity (Wildman–Crippen MR) is 131 cm³/mol. The van der Waals surface area contributed by atoms with Crippen LogP contribution in [0.2, 0.25) is 0 Å². The van der Waals surface area contributed by atoms with Gasteiger partial charge in [-0.05, 0) is 36.8 Å². The minimum Gasteiger partial charge on any atom is -0.460 e. The molecule has 1 fully saturated rings. The number of nitro groups is 1. The van der Waals surface area contributed by atoms with Crippen molar-refractivity contribution in [3.8, 4) is 0 Å². The minimum absolute atomic E-state index is 0.0194. The number of anilines is 1. The number of nitrogens with zero attached hydrogens (tertiary/aromatic N) is 4. The van der Waals surface area contributed by atoms with Crippen LogP contribution in [-0.4, -0.2) is 46.5 Å². The first kappa shape index (κ1) is 24.4. The number of non-ortho nitro benzene ring substituents is 1. The van der Waals surface area contributed by atoms with E-state index in [2.05, 4.69) is 4.90 Å². The number of furan rings is 1. The highest BCUT2D eigenvalue weighted by Crippen LogP contribution is 2.30. The number of carbonyl (C=O) groups excluding carboxylic acids is 1. The van der Waals surface area contributed by atoms with E-state index in [-0.39, 0.29) is 18.1 Å². The molecule has 2 aromatic heterocycles. The van der Waals surface area contributed by atoms with Crippen molar-refractivity contribution in [2.45, 2.75) is 19.6 Å². The first-order chi connectivity index (χ1) is 17.6. The smallest absolute Gasteiger partial charge is 0.416 e. The first-order valence-electron chi connectivity index (χ1n) is 11.6. The van der Waals surface area contributed by atoms with Gasteiger partial charge in [-0.25, -0.2) is 0 Å². The summed E-state index contributed by atoms with van der Waals surface area (Å²) in [6.45, 7) is 4.01. The van der Waals surface area contributed by atoms with Crippen LogP contribution in [0.25, 0.3) is 11.1 Å². The van der Waals surface area contributed by atoms with Crippen LogP contribution in [0.4, 0.5) is 24.5 Å². The number of benzene rings is 2. The van der Waals surface area contributed by atoms with Gasteiger partial charge < -0.3 is 18.8 Å². The molecule has 0 atom stereocenters. The molecule has 8 nitrogen and oxygen atoms in total. The molecule has 0 spiro atoms. The van der Waals surface area contributed by atoms with Crippen LogP contribution in [0, 0.1) is 17.0 Å². The van der Waals surface area contributed by atoms with Crippen molar-refractivity contribution >= 4 is 28.4 Å². The largest absolute Gasteiger partial charge is 0.460 e. The van der Waals surface area contributed by atoms with Gasteiger partial charge in [0, 0.05) is 62.7 Å². The fraction of sp³-hybridized carbons (Fsp3) is 0.269. The van der Waals surface area contributed by atoms with E-state index in [0.29, 0.717) is 54.3 Å². The molecule has 11 heteroatoms. The molecule has 0 unspecified atom stereocenters. The Balaban J connectivity index is 1.35. The third-order valence-corrected chi connectivity index (χ3v) is 6.55. The average molecular weight is 512 g/mol. The molecule has 0 N–H and O–H groups in total. The number of hydrogen-bond donors (Lipinski definition) is 0. The number of carbonyl (C=O) groups is 1. The third kappa shape index (κ3) is 4.89. The molecule has 1 aliphatic rings. The normalized spacial score (nSPS) is 14.4. The summed E-state index contributed by atoms with van der Waals surface area (Å²) in [7, 11) is 0. The Morgan fingerprint density at radius 1 is 1.00 bits per heavy atom. The van der Waals surface area contributed by atoms with Gasteiger partial charge in [0.15, 0.2) is 5.58 Å². The molecule has 1 aliphatic heterocycles. The second-order valence-electron chi connectivity index (χ2n) is 8.97. The van der Waals surface area contributed by atoms with E-state index in [4.69, 9.17) is 4.42 Å². The number of rotatable bonds is 5. The molecule has 37 heavy (non-hydrogen) atoms. The Morgan fingerprint density at radius 2 is 1.65 bits per heavy atom. The number of alkyl halides is 3. The Kier molecular flexibility index (Phi) is 6.14. The van der Waals surface area contributed by atoms with Crippen molar-refractivity contribution in [1.82, 2.24) is 9.47 Å². The van der Waals surface area contributed by atoms with Crippen molar-refractivity contribution < 1.29 is 27.3 Å². The van der Waals surface area contributed by atoms with E-state index in [1.54, 1.807) is 34.6 Å². The lowest BCUT2D eigenvalue weighted by Gasteiger charge is -2.36. The van der Waals surface area contributed by atoms with Gasteiger partial charge >= 0.3 is 6.18 Å². The van der Waals surface area contributed by atoms with E-state index < -0.39 is 16.7 Å². The van der Waals surface area contributed by atoms with E-state index in [0.717, 1.165) is 17.8 Å². The molecular weight excluding hydrogens is 489 g/mol. The molecule has 5 rings (SSSR count). The number of piperazine rings is 1. The maximum Gasteiger partial charge on any atom is 0.416 e. The summed E-state index contributed by atoms with van der Waals surface area (Å²) in [6, 6.07) is 14.7. The summed E-state index contributed by atoms with van der Waals surface area (Å²) in [5.74, 6) is 0.473. The summed E-state index contributed by atoms with van der Waals surface area (Å²) in [5.41, 5.74) is 2.40. The lowest BCUT2D eigenvalue weighted by Crippen LogP contribution is -2.49. The zero-order valence-electron chi connectivity index (χ0n) is 19.9. The van der Waals surface area contributed by atoms with Crippen molar-refractivity contribution in [2.75, 3.05) is 31.1 Å². The van der Waals surface area contributed by atoms with Gasteiger partial charge in [-0.15, -0.1) is 0 Å². The van der Waals surface area contributed by atoms with Crippen molar-refractivity contribution in [1.29, 1.82) is 0 Å². The summed E-state index contributed by atoms with van der Waals surface area (Å²) in [5, 5.41) is 10.9. The van der Waals surface area contributed by atoms with Gasteiger partial charge in [0.1, 0.15) is 11.5 Å². The van der Waals surface area contributed by atoms with Gasteiger partial charge in [0.05, 0.1) is 16.0 Å². The second kappa shape index (κ2) is 9.30.